The molecule has 38 heavy (non-hydrogen) atoms. The Bertz CT molecular complexity index is 1390. The summed E-state index contributed by atoms with van der Waals surface area (Å²) in [5.74, 6) is 0.802. The number of H-pyrrole nitrogens is 1. The molecule has 8 nitrogen and oxygen atoms in total. The monoisotopic (exact) mass is 520 g/mol. The van der Waals surface area contributed by atoms with Gasteiger partial charge in [0, 0.05) is 24.3 Å². The van der Waals surface area contributed by atoms with Crippen LogP contribution < -0.4 is 9.47 Å². The van der Waals surface area contributed by atoms with Crippen molar-refractivity contribution in [3.8, 4) is 34.0 Å². The average Bonchev–Trinajstić information content (AvgIpc) is 3.63. The predicted octanol–water partition coefficient (Wildman–Crippen LogP) is 4.36. The van der Waals surface area contributed by atoms with E-state index in [-0.39, 0.29) is 30.6 Å². The van der Waals surface area contributed by atoms with Crippen molar-refractivity contribution in [2.45, 2.75) is 31.3 Å². The van der Waals surface area contributed by atoms with E-state index in [0.717, 1.165) is 16.9 Å². The molecule has 0 saturated carbocycles. The summed E-state index contributed by atoms with van der Waals surface area (Å²) in [5.41, 5.74) is 4.09. The summed E-state index contributed by atoms with van der Waals surface area (Å²) in [7, 11) is 0. The fourth-order valence-electron chi connectivity index (χ4n) is 4.91. The van der Waals surface area contributed by atoms with Crippen molar-refractivity contribution in [1.29, 1.82) is 0 Å². The molecule has 2 aromatic carbocycles. The summed E-state index contributed by atoms with van der Waals surface area (Å²) in [6.07, 6.45) is -1.73. The smallest absolute Gasteiger partial charge is 0.193 e. The Kier molecular flexibility index (Phi) is 6.99. The van der Waals surface area contributed by atoms with E-state index in [0.29, 0.717) is 48.9 Å². The summed E-state index contributed by atoms with van der Waals surface area (Å²) in [6, 6.07) is 18.6. The molecule has 2 saturated heterocycles. The van der Waals surface area contributed by atoms with Crippen LogP contribution in [0, 0.1) is 5.82 Å². The van der Waals surface area contributed by atoms with Crippen LogP contribution in [-0.4, -0.2) is 72.5 Å². The minimum atomic E-state index is -0.648. The lowest BCUT2D eigenvalue weighted by molar-refractivity contribution is 0.00794. The van der Waals surface area contributed by atoms with Crippen LogP contribution in [-0.2, 0) is 14.2 Å². The number of hydrogen-bond acceptors (Lipinski definition) is 7. The standard InChI is InChI=1S/C29H29FN2O6/c1-2-34-11-12-35-20-9-7-18(8-10-20)17-3-5-19(6-4-17)27-21(30)13-22-23(32-27)14-26(31-22)38-25-16-37-28-24(33)15-36-29(25)28/h3-10,13-14,24-25,28-29,31,33H,2,11-12,15-16H2,1H3/t24-,25-,28-,29-/m1/s1. The number of ether oxygens (including phenoxy) is 5. The molecule has 6 rings (SSSR count). The van der Waals surface area contributed by atoms with Gasteiger partial charge >= 0.3 is 0 Å². The van der Waals surface area contributed by atoms with Crippen molar-refractivity contribution in [3.05, 3.63) is 66.5 Å². The highest BCUT2D eigenvalue weighted by Crippen LogP contribution is 2.32. The summed E-state index contributed by atoms with van der Waals surface area (Å²) in [5, 5.41) is 9.93. The molecule has 0 aliphatic carbocycles. The summed E-state index contributed by atoms with van der Waals surface area (Å²) in [6.45, 7) is 4.23. The van der Waals surface area contributed by atoms with Crippen LogP contribution in [0.15, 0.2) is 60.7 Å². The molecule has 2 aliphatic heterocycles. The highest BCUT2D eigenvalue weighted by Gasteiger charge is 2.48. The van der Waals surface area contributed by atoms with Gasteiger partial charge in [-0.05, 0) is 30.2 Å². The van der Waals surface area contributed by atoms with Crippen molar-refractivity contribution in [2.75, 3.05) is 33.0 Å². The van der Waals surface area contributed by atoms with Gasteiger partial charge in [0.15, 0.2) is 17.8 Å². The van der Waals surface area contributed by atoms with Gasteiger partial charge in [0.1, 0.15) is 36.4 Å². The maximum absolute atomic E-state index is 15.0. The van der Waals surface area contributed by atoms with Crippen molar-refractivity contribution in [2.24, 2.45) is 0 Å². The molecule has 2 aromatic heterocycles. The van der Waals surface area contributed by atoms with Crippen LogP contribution >= 0.6 is 0 Å². The lowest BCUT2D eigenvalue weighted by Gasteiger charge is -2.16. The molecule has 0 unspecified atom stereocenters. The number of aromatic nitrogens is 2. The van der Waals surface area contributed by atoms with E-state index in [1.807, 2.05) is 55.5 Å². The van der Waals surface area contributed by atoms with Crippen LogP contribution in [0.3, 0.4) is 0 Å². The number of hydrogen-bond donors (Lipinski definition) is 2. The van der Waals surface area contributed by atoms with E-state index < -0.39 is 11.9 Å². The fourth-order valence-corrected chi connectivity index (χ4v) is 4.91. The second-order valence-corrected chi connectivity index (χ2v) is 9.35. The first-order valence-corrected chi connectivity index (χ1v) is 12.8. The third kappa shape index (κ3) is 4.98. The highest BCUT2D eigenvalue weighted by atomic mass is 19.1. The first-order valence-electron chi connectivity index (χ1n) is 12.8. The summed E-state index contributed by atoms with van der Waals surface area (Å²) < 4.78 is 43.3. The third-order valence-corrected chi connectivity index (χ3v) is 6.84. The van der Waals surface area contributed by atoms with Gasteiger partial charge in [-0.25, -0.2) is 9.37 Å². The van der Waals surface area contributed by atoms with E-state index in [1.165, 1.54) is 6.07 Å². The zero-order valence-electron chi connectivity index (χ0n) is 20.9. The van der Waals surface area contributed by atoms with Gasteiger partial charge in [-0.2, -0.15) is 0 Å². The normalized spacial score (nSPS) is 22.6. The van der Waals surface area contributed by atoms with Gasteiger partial charge in [0.2, 0.25) is 0 Å². The van der Waals surface area contributed by atoms with Crippen LogP contribution in [0.1, 0.15) is 6.92 Å². The van der Waals surface area contributed by atoms with Crippen LogP contribution in [0.25, 0.3) is 33.4 Å². The minimum Gasteiger partial charge on any atom is -0.491 e. The molecule has 2 aliphatic rings. The fraction of sp³-hybridized carbons (Fsp3) is 0.345. The second kappa shape index (κ2) is 10.7. The summed E-state index contributed by atoms with van der Waals surface area (Å²) in [4.78, 5) is 7.63. The number of benzene rings is 2. The molecule has 0 spiro atoms. The van der Waals surface area contributed by atoms with E-state index in [4.69, 9.17) is 23.7 Å². The first kappa shape index (κ1) is 24.8. The Morgan fingerprint density at radius 2 is 1.66 bits per heavy atom. The number of nitrogens with one attached hydrogen (secondary N) is 1. The molecule has 4 heterocycles. The number of aliphatic hydroxyl groups excluding tert-OH is 1. The summed E-state index contributed by atoms with van der Waals surface area (Å²) >= 11 is 0. The van der Waals surface area contributed by atoms with Crippen LogP contribution in [0.2, 0.25) is 0 Å². The molecule has 2 N–H and O–H groups in total. The van der Waals surface area contributed by atoms with Gasteiger partial charge < -0.3 is 33.8 Å². The van der Waals surface area contributed by atoms with Gasteiger partial charge in [0.25, 0.3) is 0 Å². The number of rotatable bonds is 9. The predicted molar refractivity (Wildman–Crippen MR) is 139 cm³/mol. The Balaban J connectivity index is 1.15. The topological polar surface area (TPSA) is 95.1 Å². The molecule has 198 valence electrons. The minimum absolute atomic E-state index is 0.228. The molecule has 0 radical (unpaired) electrons. The highest BCUT2D eigenvalue weighted by molar-refractivity contribution is 5.81. The number of aromatic amines is 1. The Morgan fingerprint density at radius 3 is 2.42 bits per heavy atom. The lowest BCUT2D eigenvalue weighted by atomic mass is 10.0. The van der Waals surface area contributed by atoms with E-state index in [1.54, 1.807) is 6.07 Å². The molecule has 0 bridgehead atoms. The van der Waals surface area contributed by atoms with Gasteiger partial charge in [0.05, 0.1) is 30.9 Å². The number of pyridine rings is 1. The molecule has 4 atom stereocenters. The van der Waals surface area contributed by atoms with Gasteiger partial charge in [-0.3, -0.25) is 0 Å². The molecular weight excluding hydrogens is 491 g/mol. The molecule has 2 fully saturated rings. The number of halogens is 1. The van der Waals surface area contributed by atoms with Crippen molar-refractivity contribution >= 4 is 11.0 Å². The third-order valence-electron chi connectivity index (χ3n) is 6.84. The first-order chi connectivity index (χ1) is 18.6. The maximum Gasteiger partial charge on any atom is 0.193 e. The Morgan fingerprint density at radius 1 is 0.947 bits per heavy atom. The second-order valence-electron chi connectivity index (χ2n) is 9.35. The average molecular weight is 521 g/mol. The van der Waals surface area contributed by atoms with Crippen LogP contribution in [0.5, 0.6) is 11.6 Å². The van der Waals surface area contributed by atoms with E-state index >= 15 is 4.39 Å². The zero-order chi connectivity index (χ0) is 26.1. The van der Waals surface area contributed by atoms with E-state index in [9.17, 15) is 5.11 Å². The van der Waals surface area contributed by atoms with Gasteiger partial charge in [-0.15, -0.1) is 0 Å². The number of nitrogens with zero attached hydrogens (tertiary/aromatic N) is 1. The Labute approximate surface area is 219 Å². The maximum atomic E-state index is 15.0. The van der Waals surface area contributed by atoms with Crippen molar-refractivity contribution in [3.63, 3.8) is 0 Å². The van der Waals surface area contributed by atoms with Crippen molar-refractivity contribution in [1.82, 2.24) is 9.97 Å². The molecule has 0 amide bonds. The molecule has 9 heteroatoms. The Hall–Kier alpha value is -3.50. The number of fused-ring (bicyclic) bond motifs is 2. The lowest BCUT2D eigenvalue weighted by Crippen LogP contribution is -2.34. The largest absolute Gasteiger partial charge is 0.491 e. The molecular formula is C29H29FN2O6. The zero-order valence-corrected chi connectivity index (χ0v) is 20.9. The molecule has 4 aromatic rings. The van der Waals surface area contributed by atoms with Gasteiger partial charge in [-0.1, -0.05) is 36.4 Å². The SMILES string of the molecule is CCOCCOc1ccc(-c2ccc(-c3nc4cc(O[C@@H]5CO[C@H]6[C@@H]5OC[C@H]6O)[nH]c4cc3F)cc2)cc1. The van der Waals surface area contributed by atoms with Crippen molar-refractivity contribution < 1.29 is 33.2 Å². The van der Waals surface area contributed by atoms with Crippen LogP contribution in [0.4, 0.5) is 4.39 Å². The quantitative estimate of drug-likeness (QED) is 0.317. The van der Waals surface area contributed by atoms with E-state index in [2.05, 4.69) is 9.97 Å². The number of aliphatic hydroxyl groups is 1.